The van der Waals surface area contributed by atoms with E-state index < -0.39 is 17.6 Å². The van der Waals surface area contributed by atoms with Crippen LogP contribution in [0.1, 0.15) is 39.8 Å². The summed E-state index contributed by atoms with van der Waals surface area (Å²) in [5, 5.41) is 0. The van der Waals surface area contributed by atoms with Crippen molar-refractivity contribution in [3.8, 4) is 0 Å². The van der Waals surface area contributed by atoms with Crippen molar-refractivity contribution in [3.05, 3.63) is 81.6 Å². The number of carbonyl (C=O) groups excluding carboxylic acids is 2. The first-order valence-electron chi connectivity index (χ1n) is 10.8. The molecule has 184 valence electrons. The molecule has 0 aliphatic carbocycles. The van der Waals surface area contributed by atoms with E-state index in [0.717, 1.165) is 6.07 Å². The summed E-state index contributed by atoms with van der Waals surface area (Å²) in [6.07, 6.45) is -2.59. The molecule has 4 rings (SSSR count). The Morgan fingerprint density at radius 2 is 1.77 bits per heavy atom. The van der Waals surface area contributed by atoms with Crippen LogP contribution in [0.5, 0.6) is 0 Å². The highest BCUT2D eigenvalue weighted by atomic mass is 79.9. The first-order chi connectivity index (χ1) is 16.6. The van der Waals surface area contributed by atoms with Crippen LogP contribution in [-0.4, -0.2) is 52.7 Å². The van der Waals surface area contributed by atoms with Crippen molar-refractivity contribution >= 4 is 39.3 Å². The van der Waals surface area contributed by atoms with Gasteiger partial charge in [0.05, 0.1) is 16.7 Å². The summed E-state index contributed by atoms with van der Waals surface area (Å²) in [6.45, 7) is 1.40. The zero-order valence-corrected chi connectivity index (χ0v) is 20.0. The Bertz CT molecular complexity index is 1270. The number of hydrogen-bond donors (Lipinski definition) is 1. The van der Waals surface area contributed by atoms with Crippen LogP contribution in [0.15, 0.2) is 59.2 Å². The molecule has 7 nitrogen and oxygen atoms in total. The minimum absolute atomic E-state index is 0. The van der Waals surface area contributed by atoms with E-state index in [9.17, 15) is 22.8 Å². The Morgan fingerprint density at radius 3 is 2.54 bits per heavy atom. The van der Waals surface area contributed by atoms with Gasteiger partial charge in [-0.3, -0.25) is 9.59 Å². The quantitative estimate of drug-likeness (QED) is 0.475. The minimum Gasteiger partial charge on any atom is -0.383 e. The smallest absolute Gasteiger partial charge is 0.383 e. The fourth-order valence-corrected chi connectivity index (χ4v) is 4.26. The van der Waals surface area contributed by atoms with Crippen LogP contribution in [-0.2, 0) is 6.18 Å². The number of rotatable bonds is 4. The molecular weight excluding hydrogens is 527 g/mol. The molecule has 0 saturated carbocycles. The molecule has 35 heavy (non-hydrogen) atoms. The van der Waals surface area contributed by atoms with Gasteiger partial charge in [0, 0.05) is 38.3 Å². The topological polar surface area (TPSA) is 92.4 Å². The van der Waals surface area contributed by atoms with E-state index in [-0.39, 0.29) is 36.4 Å². The lowest BCUT2D eigenvalue weighted by molar-refractivity contribution is -0.138. The van der Waals surface area contributed by atoms with Gasteiger partial charge in [-0.1, -0.05) is 18.2 Å². The van der Waals surface area contributed by atoms with Crippen LogP contribution in [0.2, 0.25) is 0 Å². The number of amides is 1. The molecule has 1 aliphatic heterocycles. The third kappa shape index (κ3) is 5.45. The average Bonchev–Trinajstić information content (AvgIpc) is 3.11. The van der Waals surface area contributed by atoms with E-state index >= 15 is 0 Å². The van der Waals surface area contributed by atoms with E-state index in [0.29, 0.717) is 36.3 Å². The third-order valence-electron chi connectivity index (χ3n) is 5.67. The molecule has 0 atom stereocenters. The van der Waals surface area contributed by atoms with E-state index in [1.807, 2.05) is 4.90 Å². The van der Waals surface area contributed by atoms with Crippen molar-refractivity contribution in [2.24, 2.45) is 0 Å². The van der Waals surface area contributed by atoms with Gasteiger partial charge in [0.25, 0.3) is 5.91 Å². The second-order valence-electron chi connectivity index (χ2n) is 7.97. The molecule has 11 heteroatoms. The summed E-state index contributed by atoms with van der Waals surface area (Å²) in [5.41, 5.74) is 4.96. The molecule has 0 radical (unpaired) electrons. The highest BCUT2D eigenvalue weighted by molar-refractivity contribution is 9.10. The predicted molar refractivity (Wildman–Crippen MR) is 130 cm³/mol. The van der Waals surface area contributed by atoms with Crippen molar-refractivity contribution in [1.82, 2.24) is 14.9 Å². The Hall–Kier alpha value is -3.47. The lowest BCUT2D eigenvalue weighted by atomic mass is 10.1. The molecule has 0 spiro atoms. The minimum atomic E-state index is -4.62. The maximum Gasteiger partial charge on any atom is 0.417 e. The summed E-state index contributed by atoms with van der Waals surface area (Å²) in [6, 6.07) is 11.4. The maximum absolute atomic E-state index is 13.4. The summed E-state index contributed by atoms with van der Waals surface area (Å²) >= 11 is 3.28. The highest BCUT2D eigenvalue weighted by Crippen LogP contribution is 2.32. The van der Waals surface area contributed by atoms with Gasteiger partial charge in [0.1, 0.15) is 17.3 Å². The number of nitrogen functional groups attached to an aromatic ring is 1. The molecule has 0 bridgehead atoms. The zero-order chi connectivity index (χ0) is 25.2. The van der Waals surface area contributed by atoms with E-state index in [4.69, 9.17) is 5.73 Å². The monoisotopic (exact) mass is 549 g/mol. The molecule has 1 aliphatic rings. The number of hydrogen-bond acceptors (Lipinski definition) is 6. The van der Waals surface area contributed by atoms with E-state index in [2.05, 4.69) is 25.9 Å². The van der Waals surface area contributed by atoms with E-state index in [1.165, 1.54) is 29.3 Å². The van der Waals surface area contributed by atoms with Crippen LogP contribution in [0.25, 0.3) is 0 Å². The molecule has 2 aromatic heterocycles. The summed E-state index contributed by atoms with van der Waals surface area (Å²) < 4.78 is 40.8. The Balaban J connectivity index is 0.00000361. The molecule has 0 unspecified atom stereocenters. The molecule has 3 aromatic rings. The second-order valence-corrected chi connectivity index (χ2v) is 8.89. The Labute approximate surface area is 209 Å². The molecule has 1 fully saturated rings. The average molecular weight is 550 g/mol. The number of pyridine rings is 2. The molecule has 1 aromatic carbocycles. The first kappa shape index (κ1) is 24.6. The van der Waals surface area contributed by atoms with Gasteiger partial charge in [-0.05, 0) is 52.7 Å². The highest BCUT2D eigenvalue weighted by Gasteiger charge is 2.36. The third-order valence-corrected chi connectivity index (χ3v) is 6.10. The number of anilines is 2. The maximum atomic E-state index is 13.4. The molecule has 1 amide bonds. The summed E-state index contributed by atoms with van der Waals surface area (Å²) in [4.78, 5) is 37.7. The zero-order valence-electron chi connectivity index (χ0n) is 18.4. The number of ketones is 1. The summed E-state index contributed by atoms with van der Waals surface area (Å²) in [5.74, 6) is -0.418. The fourth-order valence-electron chi connectivity index (χ4n) is 3.93. The van der Waals surface area contributed by atoms with Crippen LogP contribution in [0.4, 0.5) is 24.8 Å². The van der Waals surface area contributed by atoms with Crippen LogP contribution >= 0.6 is 15.9 Å². The van der Waals surface area contributed by atoms with E-state index in [1.54, 1.807) is 24.3 Å². The van der Waals surface area contributed by atoms with Crippen LogP contribution in [0, 0.1) is 0 Å². The number of carbonyl (C=O) groups is 2. The molecule has 2 N–H and O–H groups in total. The van der Waals surface area contributed by atoms with Gasteiger partial charge in [0.2, 0.25) is 5.78 Å². The number of nitrogens with zero attached hydrogens (tertiary/aromatic N) is 4. The largest absolute Gasteiger partial charge is 0.417 e. The van der Waals surface area contributed by atoms with Crippen LogP contribution < -0.4 is 10.6 Å². The van der Waals surface area contributed by atoms with Crippen molar-refractivity contribution in [2.75, 3.05) is 36.8 Å². The SMILES string of the molecule is Nc1ncc(Br)cc1C(=O)c1cccc(N2CCCN(C(=O)c3ccccc3C(F)(F)F)CC2)n1.[HH]. The van der Waals surface area contributed by atoms with Gasteiger partial charge in [-0.2, -0.15) is 13.2 Å². The standard InChI is InChI=1S/C24H21BrF3N5O2.H2/c25-15-13-17(22(29)30-14-15)21(34)19-7-3-8-20(31-19)32-9-4-10-33(12-11-32)23(35)16-5-1-2-6-18(16)24(26,27)28;/h1-3,5-8,13-14H,4,9-12H2,(H2,29,30);1H. The van der Waals surface area contributed by atoms with Gasteiger partial charge in [0.15, 0.2) is 0 Å². The second kappa shape index (κ2) is 10.0. The lowest BCUT2D eigenvalue weighted by Crippen LogP contribution is -2.36. The first-order valence-corrected chi connectivity index (χ1v) is 11.6. The number of halogens is 4. The lowest BCUT2D eigenvalue weighted by Gasteiger charge is -2.24. The Kier molecular flexibility index (Phi) is 7.06. The van der Waals surface area contributed by atoms with Crippen molar-refractivity contribution < 1.29 is 24.2 Å². The van der Waals surface area contributed by atoms with Crippen molar-refractivity contribution in [3.63, 3.8) is 0 Å². The number of nitrogens with two attached hydrogens (primary N) is 1. The Morgan fingerprint density at radius 1 is 1.00 bits per heavy atom. The van der Waals surface area contributed by atoms with Crippen molar-refractivity contribution in [1.29, 1.82) is 0 Å². The molecule has 1 saturated heterocycles. The fraction of sp³-hybridized carbons (Fsp3) is 0.250. The van der Waals surface area contributed by atoms with Gasteiger partial charge >= 0.3 is 6.18 Å². The molecular formula is C24H23BrF3N5O2. The predicted octanol–water partition coefficient (Wildman–Crippen LogP) is 4.67. The van der Waals surface area contributed by atoms with Gasteiger partial charge in [-0.15, -0.1) is 0 Å². The van der Waals surface area contributed by atoms with Crippen molar-refractivity contribution in [2.45, 2.75) is 12.6 Å². The van der Waals surface area contributed by atoms with Gasteiger partial charge in [-0.25, -0.2) is 9.97 Å². The van der Waals surface area contributed by atoms with Gasteiger partial charge < -0.3 is 15.5 Å². The number of benzene rings is 1. The molecule has 3 heterocycles. The number of alkyl halides is 3. The normalized spacial score (nSPS) is 14.5. The van der Waals surface area contributed by atoms with Crippen LogP contribution in [0.3, 0.4) is 0 Å². The summed E-state index contributed by atoms with van der Waals surface area (Å²) in [7, 11) is 0. The number of aromatic nitrogens is 2.